The first-order valence-electron chi connectivity index (χ1n) is 8.93. The molecule has 0 spiro atoms. The number of para-hydroxylation sites is 1. The lowest BCUT2D eigenvalue weighted by atomic mass is 9.80. The Hall–Kier alpha value is -3.06. The van der Waals surface area contributed by atoms with E-state index in [1.807, 2.05) is 0 Å². The number of fused-ring (bicyclic) bond motifs is 1. The molecule has 2 aromatic rings. The summed E-state index contributed by atoms with van der Waals surface area (Å²) in [6.45, 7) is 1.57. The zero-order valence-electron chi connectivity index (χ0n) is 15.4. The van der Waals surface area contributed by atoms with Crippen molar-refractivity contribution < 1.29 is 23.5 Å². The van der Waals surface area contributed by atoms with Crippen LogP contribution in [0.5, 0.6) is 0 Å². The predicted octanol–water partition coefficient (Wildman–Crippen LogP) is 2.21. The number of amides is 2. The van der Waals surface area contributed by atoms with E-state index < -0.39 is 47.0 Å². The average Bonchev–Trinajstić information content (AvgIpc) is 3.16. The van der Waals surface area contributed by atoms with Gasteiger partial charge in [-0.2, -0.15) is 0 Å². The van der Waals surface area contributed by atoms with Crippen molar-refractivity contribution in [3.63, 3.8) is 0 Å². The van der Waals surface area contributed by atoms with E-state index in [9.17, 15) is 18.8 Å². The summed E-state index contributed by atoms with van der Waals surface area (Å²) < 4.78 is 18.3. The standard InChI is InChI=1S/C21H19FN2O4/c1-21(20(27)28-2)16-15(17(23-21)12-8-10-13(22)11-9-12)18(25)24(19(16)26)14-6-4-3-5-7-14/h3-11,15-17,23H,1-2H3/t15-,16+,17-,21-/m0/s1. The molecule has 7 heteroatoms. The Morgan fingerprint density at radius 3 is 2.32 bits per heavy atom. The van der Waals surface area contributed by atoms with Crippen molar-refractivity contribution >= 4 is 23.5 Å². The Morgan fingerprint density at radius 1 is 1.07 bits per heavy atom. The molecule has 144 valence electrons. The molecule has 0 unspecified atom stereocenters. The number of halogens is 1. The molecular weight excluding hydrogens is 363 g/mol. The van der Waals surface area contributed by atoms with Gasteiger partial charge in [0.1, 0.15) is 11.4 Å². The van der Waals surface area contributed by atoms with Crippen LogP contribution < -0.4 is 10.2 Å². The minimum absolute atomic E-state index is 0.393. The molecule has 1 N–H and O–H groups in total. The van der Waals surface area contributed by atoms with Gasteiger partial charge < -0.3 is 4.74 Å². The van der Waals surface area contributed by atoms with Crippen molar-refractivity contribution in [2.75, 3.05) is 12.0 Å². The van der Waals surface area contributed by atoms with Gasteiger partial charge in [-0.1, -0.05) is 30.3 Å². The molecule has 0 aromatic heterocycles. The fourth-order valence-electron chi connectivity index (χ4n) is 4.33. The zero-order valence-corrected chi connectivity index (χ0v) is 15.4. The van der Waals surface area contributed by atoms with Crippen LogP contribution in [0.1, 0.15) is 18.5 Å². The molecule has 6 nitrogen and oxygen atoms in total. The molecule has 0 saturated carbocycles. The molecule has 2 aliphatic heterocycles. The molecule has 2 saturated heterocycles. The number of carbonyl (C=O) groups is 3. The lowest BCUT2D eigenvalue weighted by molar-refractivity contribution is -0.151. The third-order valence-corrected chi connectivity index (χ3v) is 5.64. The van der Waals surface area contributed by atoms with Crippen molar-refractivity contribution in [3.05, 3.63) is 66.0 Å². The van der Waals surface area contributed by atoms with Crippen molar-refractivity contribution in [1.82, 2.24) is 5.32 Å². The van der Waals surface area contributed by atoms with E-state index in [1.54, 1.807) is 49.4 Å². The summed E-state index contributed by atoms with van der Waals surface area (Å²) in [6, 6.07) is 13.7. The Balaban J connectivity index is 1.82. The lowest BCUT2D eigenvalue weighted by Crippen LogP contribution is -2.54. The van der Waals surface area contributed by atoms with Gasteiger partial charge in [0.15, 0.2) is 0 Å². The third-order valence-electron chi connectivity index (χ3n) is 5.64. The quantitative estimate of drug-likeness (QED) is 0.651. The number of hydrogen-bond donors (Lipinski definition) is 1. The van der Waals surface area contributed by atoms with Crippen LogP contribution in [0.4, 0.5) is 10.1 Å². The van der Waals surface area contributed by atoms with E-state index >= 15 is 0 Å². The summed E-state index contributed by atoms with van der Waals surface area (Å²) in [6.07, 6.45) is 0. The number of anilines is 1. The summed E-state index contributed by atoms with van der Waals surface area (Å²) in [5.41, 5.74) is -0.300. The molecule has 4 atom stereocenters. The van der Waals surface area contributed by atoms with Crippen LogP contribution in [0.15, 0.2) is 54.6 Å². The number of nitrogens with zero attached hydrogens (tertiary/aromatic N) is 1. The first-order valence-corrected chi connectivity index (χ1v) is 8.93. The fourth-order valence-corrected chi connectivity index (χ4v) is 4.33. The largest absolute Gasteiger partial charge is 0.468 e. The van der Waals surface area contributed by atoms with Crippen LogP contribution >= 0.6 is 0 Å². The van der Waals surface area contributed by atoms with Crippen LogP contribution in [-0.4, -0.2) is 30.4 Å². The third kappa shape index (κ3) is 2.54. The first kappa shape index (κ1) is 18.3. The van der Waals surface area contributed by atoms with E-state index in [0.29, 0.717) is 11.3 Å². The molecule has 2 aromatic carbocycles. The SMILES string of the molecule is COC(=O)[C@@]1(C)N[C@@H](c2ccc(F)cc2)[C@H]2C(=O)N(c3ccccc3)C(=O)[C@@H]21. The van der Waals surface area contributed by atoms with E-state index in [0.717, 1.165) is 4.90 Å². The van der Waals surface area contributed by atoms with Crippen molar-refractivity contribution in [1.29, 1.82) is 0 Å². The monoisotopic (exact) mass is 382 g/mol. The highest BCUT2D eigenvalue weighted by atomic mass is 19.1. The van der Waals surface area contributed by atoms with Gasteiger partial charge in [0.05, 0.1) is 24.6 Å². The predicted molar refractivity (Wildman–Crippen MR) is 98.6 cm³/mol. The molecule has 2 aliphatic rings. The fraction of sp³-hybridized carbons (Fsp3) is 0.286. The molecular formula is C21H19FN2O4. The number of rotatable bonds is 3. The van der Waals surface area contributed by atoms with E-state index in [1.165, 1.54) is 19.2 Å². The molecule has 28 heavy (non-hydrogen) atoms. The van der Waals surface area contributed by atoms with Crippen LogP contribution in [0.2, 0.25) is 0 Å². The van der Waals surface area contributed by atoms with Gasteiger partial charge in [-0.3, -0.25) is 19.7 Å². The van der Waals surface area contributed by atoms with Crippen LogP contribution in [-0.2, 0) is 19.1 Å². The number of hydrogen-bond acceptors (Lipinski definition) is 5. The van der Waals surface area contributed by atoms with Crippen LogP contribution in [0.3, 0.4) is 0 Å². The van der Waals surface area contributed by atoms with Crippen molar-refractivity contribution in [2.24, 2.45) is 11.8 Å². The van der Waals surface area contributed by atoms with E-state index in [2.05, 4.69) is 5.32 Å². The number of ether oxygens (including phenoxy) is 1. The normalized spacial score (nSPS) is 29.1. The van der Waals surface area contributed by atoms with Crippen LogP contribution in [0.25, 0.3) is 0 Å². The number of imide groups is 1. The Bertz CT molecular complexity index is 947. The second-order valence-electron chi connectivity index (χ2n) is 7.22. The smallest absolute Gasteiger partial charge is 0.326 e. The number of carbonyl (C=O) groups excluding carboxylic acids is 3. The van der Waals surface area contributed by atoms with Gasteiger partial charge in [0.25, 0.3) is 0 Å². The van der Waals surface area contributed by atoms with Gasteiger partial charge in [-0.25, -0.2) is 9.29 Å². The molecule has 0 aliphatic carbocycles. The molecule has 2 fully saturated rings. The summed E-state index contributed by atoms with van der Waals surface area (Å²) in [5.74, 6) is -3.61. The highest BCUT2D eigenvalue weighted by molar-refractivity contribution is 6.24. The van der Waals surface area contributed by atoms with Gasteiger partial charge in [-0.15, -0.1) is 0 Å². The van der Waals surface area contributed by atoms with Gasteiger partial charge in [0.2, 0.25) is 11.8 Å². The van der Waals surface area contributed by atoms with E-state index in [4.69, 9.17) is 4.74 Å². The van der Waals surface area contributed by atoms with Gasteiger partial charge >= 0.3 is 5.97 Å². The minimum Gasteiger partial charge on any atom is -0.468 e. The van der Waals surface area contributed by atoms with Crippen molar-refractivity contribution in [3.8, 4) is 0 Å². The van der Waals surface area contributed by atoms with Crippen LogP contribution in [0, 0.1) is 17.7 Å². The summed E-state index contributed by atoms with van der Waals surface area (Å²) in [5, 5.41) is 3.12. The highest BCUT2D eigenvalue weighted by Crippen LogP contribution is 2.49. The number of benzene rings is 2. The zero-order chi connectivity index (χ0) is 20.1. The maximum atomic E-state index is 13.4. The minimum atomic E-state index is -1.38. The number of esters is 1. The summed E-state index contributed by atoms with van der Waals surface area (Å²) in [4.78, 5) is 40.3. The second kappa shape index (κ2) is 6.53. The summed E-state index contributed by atoms with van der Waals surface area (Å²) >= 11 is 0. The molecule has 0 bridgehead atoms. The van der Waals surface area contributed by atoms with E-state index in [-0.39, 0.29) is 0 Å². The first-order chi connectivity index (χ1) is 13.4. The maximum Gasteiger partial charge on any atom is 0.326 e. The summed E-state index contributed by atoms with van der Waals surface area (Å²) in [7, 11) is 1.24. The maximum absolute atomic E-state index is 13.4. The Kier molecular flexibility index (Phi) is 4.27. The van der Waals surface area contributed by atoms with Gasteiger partial charge in [0, 0.05) is 6.04 Å². The molecule has 2 amide bonds. The topological polar surface area (TPSA) is 75.7 Å². The average molecular weight is 382 g/mol. The number of nitrogens with one attached hydrogen (secondary N) is 1. The number of methoxy groups -OCH3 is 1. The lowest BCUT2D eigenvalue weighted by Gasteiger charge is -2.28. The highest BCUT2D eigenvalue weighted by Gasteiger charge is 2.67. The Morgan fingerprint density at radius 2 is 1.71 bits per heavy atom. The van der Waals surface area contributed by atoms with Gasteiger partial charge in [-0.05, 0) is 36.8 Å². The molecule has 4 rings (SSSR count). The molecule has 0 radical (unpaired) electrons. The van der Waals surface area contributed by atoms with Crippen molar-refractivity contribution in [2.45, 2.75) is 18.5 Å². The second-order valence-corrected chi connectivity index (χ2v) is 7.22. The molecule has 2 heterocycles. The Labute approximate surface area is 161 Å².